The van der Waals surface area contributed by atoms with Gasteiger partial charge in [-0.25, -0.2) is 13.2 Å². The summed E-state index contributed by atoms with van der Waals surface area (Å²) in [6.45, 7) is 1.90. The predicted octanol–water partition coefficient (Wildman–Crippen LogP) is 4.20. The third kappa shape index (κ3) is 4.78. The Morgan fingerprint density at radius 1 is 0.893 bits per heavy atom. The predicted molar refractivity (Wildman–Crippen MR) is 106 cm³/mol. The van der Waals surface area contributed by atoms with E-state index >= 15 is 0 Å². The maximum absolute atomic E-state index is 12.5. The molecule has 0 aromatic heterocycles. The first-order valence-electron chi connectivity index (χ1n) is 8.62. The van der Waals surface area contributed by atoms with E-state index in [-0.39, 0.29) is 10.6 Å². The maximum Gasteiger partial charge on any atom is 0.343 e. The summed E-state index contributed by atoms with van der Waals surface area (Å²) in [5.74, 6) is 0.292. The van der Waals surface area contributed by atoms with Crippen molar-refractivity contribution in [1.29, 1.82) is 0 Å². The van der Waals surface area contributed by atoms with Crippen molar-refractivity contribution in [3.63, 3.8) is 0 Å². The van der Waals surface area contributed by atoms with Crippen molar-refractivity contribution in [1.82, 2.24) is 0 Å². The minimum atomic E-state index is -3.45. The third-order valence-corrected chi connectivity index (χ3v) is 5.88. The van der Waals surface area contributed by atoms with E-state index in [9.17, 15) is 13.2 Å². The fraction of sp³-hybridized carbons (Fsp3) is 0.136. The molecular weight excluding hydrogens is 376 g/mol. The van der Waals surface area contributed by atoms with Gasteiger partial charge in [0.2, 0.25) is 0 Å². The van der Waals surface area contributed by atoms with Gasteiger partial charge in [0.1, 0.15) is 11.5 Å². The first kappa shape index (κ1) is 19.6. The molecule has 6 heteroatoms. The van der Waals surface area contributed by atoms with Crippen LogP contribution in [0.25, 0.3) is 0 Å². The van der Waals surface area contributed by atoms with Gasteiger partial charge in [-0.15, -0.1) is 0 Å². The number of rotatable bonds is 6. The van der Waals surface area contributed by atoms with Gasteiger partial charge in [0.15, 0.2) is 9.84 Å². The Labute approximate surface area is 164 Å². The highest BCUT2D eigenvalue weighted by Gasteiger charge is 2.16. The zero-order valence-electron chi connectivity index (χ0n) is 15.6. The number of carbonyl (C=O) groups excluding carboxylic acids is 1. The van der Waals surface area contributed by atoms with Gasteiger partial charge in [-0.3, -0.25) is 0 Å². The summed E-state index contributed by atoms with van der Waals surface area (Å²) in [6, 6.07) is 19.8. The smallest absolute Gasteiger partial charge is 0.343 e. The van der Waals surface area contributed by atoms with Gasteiger partial charge >= 0.3 is 5.97 Å². The molecule has 0 N–H and O–H groups in total. The largest absolute Gasteiger partial charge is 0.497 e. The number of hydrogen-bond acceptors (Lipinski definition) is 5. The van der Waals surface area contributed by atoms with Crippen LogP contribution in [0, 0.1) is 6.92 Å². The highest BCUT2D eigenvalue weighted by Crippen LogP contribution is 2.21. The summed E-state index contributed by atoms with van der Waals surface area (Å²) < 4.78 is 35.5. The van der Waals surface area contributed by atoms with Crippen LogP contribution in [0.5, 0.6) is 11.5 Å². The maximum atomic E-state index is 12.5. The van der Waals surface area contributed by atoms with Crippen LogP contribution >= 0.6 is 0 Å². The van der Waals surface area contributed by atoms with Gasteiger partial charge in [0, 0.05) is 6.07 Å². The van der Waals surface area contributed by atoms with E-state index in [0.29, 0.717) is 22.6 Å². The van der Waals surface area contributed by atoms with Crippen LogP contribution < -0.4 is 9.47 Å². The van der Waals surface area contributed by atoms with Gasteiger partial charge in [0.05, 0.1) is 23.3 Å². The average molecular weight is 396 g/mol. The number of esters is 1. The van der Waals surface area contributed by atoms with Gasteiger partial charge in [-0.1, -0.05) is 35.9 Å². The molecule has 0 unspecified atom stereocenters. The second kappa shape index (κ2) is 8.27. The molecule has 0 spiro atoms. The van der Waals surface area contributed by atoms with Crippen molar-refractivity contribution in [2.75, 3.05) is 7.11 Å². The minimum Gasteiger partial charge on any atom is -0.497 e. The van der Waals surface area contributed by atoms with E-state index in [0.717, 1.165) is 5.56 Å². The van der Waals surface area contributed by atoms with Gasteiger partial charge in [0.25, 0.3) is 0 Å². The molecule has 0 atom stereocenters. The number of sulfone groups is 1. The molecule has 3 aromatic rings. The lowest BCUT2D eigenvalue weighted by atomic mass is 10.1. The quantitative estimate of drug-likeness (QED) is 0.461. The van der Waals surface area contributed by atoms with E-state index in [2.05, 4.69) is 0 Å². The Morgan fingerprint density at radius 3 is 2.18 bits per heavy atom. The van der Waals surface area contributed by atoms with E-state index < -0.39 is 15.8 Å². The van der Waals surface area contributed by atoms with Crippen LogP contribution in [0.1, 0.15) is 21.5 Å². The van der Waals surface area contributed by atoms with Crippen molar-refractivity contribution in [2.24, 2.45) is 0 Å². The van der Waals surface area contributed by atoms with E-state index in [1.165, 1.54) is 7.11 Å². The Hall–Kier alpha value is -3.12. The highest BCUT2D eigenvalue weighted by molar-refractivity contribution is 7.90. The summed E-state index contributed by atoms with van der Waals surface area (Å²) in [6.07, 6.45) is 0. The van der Waals surface area contributed by atoms with Crippen molar-refractivity contribution >= 4 is 15.8 Å². The molecule has 0 amide bonds. The van der Waals surface area contributed by atoms with Crippen molar-refractivity contribution < 1.29 is 22.7 Å². The molecular formula is C22H20O5S. The molecule has 144 valence electrons. The number of carbonyl (C=O) groups is 1. The van der Waals surface area contributed by atoms with E-state index in [1.807, 2.05) is 6.92 Å². The van der Waals surface area contributed by atoms with Crippen LogP contribution in [-0.4, -0.2) is 21.5 Å². The summed E-state index contributed by atoms with van der Waals surface area (Å²) in [5, 5.41) is 0. The van der Waals surface area contributed by atoms with E-state index in [1.54, 1.807) is 72.8 Å². The number of aryl methyl sites for hydroxylation is 1. The topological polar surface area (TPSA) is 69.7 Å². The lowest BCUT2D eigenvalue weighted by molar-refractivity contribution is 0.0734. The molecule has 28 heavy (non-hydrogen) atoms. The number of hydrogen-bond donors (Lipinski definition) is 0. The molecule has 0 fully saturated rings. The summed E-state index contributed by atoms with van der Waals surface area (Å²) >= 11 is 0. The average Bonchev–Trinajstić information content (AvgIpc) is 2.68. The lowest BCUT2D eigenvalue weighted by Gasteiger charge is -2.08. The fourth-order valence-corrected chi connectivity index (χ4v) is 3.96. The summed E-state index contributed by atoms with van der Waals surface area (Å²) in [5.41, 5.74) is 1.93. The molecule has 3 aromatic carbocycles. The zero-order chi connectivity index (χ0) is 20.1. The molecule has 0 aliphatic carbocycles. The first-order chi connectivity index (χ1) is 13.4. The van der Waals surface area contributed by atoms with Crippen molar-refractivity contribution in [3.05, 3.63) is 89.5 Å². The Bertz CT molecular complexity index is 1070. The van der Waals surface area contributed by atoms with Crippen LogP contribution in [0.15, 0.2) is 77.7 Å². The Morgan fingerprint density at radius 2 is 1.54 bits per heavy atom. The first-order valence-corrected chi connectivity index (χ1v) is 10.3. The molecule has 0 saturated heterocycles. The standard InChI is InChI=1S/C22H20O5S/c1-16-6-12-21(13-7-16)28(24,25)15-17-8-10-18(11-9-17)22(23)27-20-5-3-4-19(14-20)26-2/h3-14H,15H2,1-2H3. The zero-order valence-corrected chi connectivity index (χ0v) is 16.4. The fourth-order valence-electron chi connectivity index (χ4n) is 2.62. The van der Waals surface area contributed by atoms with Gasteiger partial charge < -0.3 is 9.47 Å². The Kier molecular flexibility index (Phi) is 5.80. The van der Waals surface area contributed by atoms with Crippen LogP contribution in [0.2, 0.25) is 0 Å². The molecule has 5 nitrogen and oxygen atoms in total. The third-order valence-electron chi connectivity index (χ3n) is 4.18. The monoisotopic (exact) mass is 396 g/mol. The molecule has 0 bridgehead atoms. The lowest BCUT2D eigenvalue weighted by Crippen LogP contribution is -2.09. The van der Waals surface area contributed by atoms with Crippen molar-refractivity contribution in [3.8, 4) is 11.5 Å². The van der Waals surface area contributed by atoms with Crippen LogP contribution in [0.4, 0.5) is 0 Å². The van der Waals surface area contributed by atoms with Crippen LogP contribution in [0.3, 0.4) is 0 Å². The van der Waals surface area contributed by atoms with Crippen molar-refractivity contribution in [2.45, 2.75) is 17.6 Å². The number of benzene rings is 3. The SMILES string of the molecule is COc1cccc(OC(=O)c2ccc(CS(=O)(=O)c3ccc(C)cc3)cc2)c1. The van der Waals surface area contributed by atoms with Gasteiger partial charge in [-0.05, 0) is 48.9 Å². The number of methoxy groups -OCH3 is 1. The molecule has 0 saturated carbocycles. The second-order valence-electron chi connectivity index (χ2n) is 6.34. The molecule has 0 aliphatic rings. The second-order valence-corrected chi connectivity index (χ2v) is 8.33. The molecule has 0 radical (unpaired) electrons. The van der Waals surface area contributed by atoms with E-state index in [4.69, 9.17) is 9.47 Å². The minimum absolute atomic E-state index is 0.138. The molecule has 3 rings (SSSR count). The molecule has 0 aliphatic heterocycles. The number of ether oxygens (including phenoxy) is 2. The van der Waals surface area contributed by atoms with Gasteiger partial charge in [-0.2, -0.15) is 0 Å². The normalized spacial score (nSPS) is 11.1. The molecule has 0 heterocycles. The summed E-state index contributed by atoms with van der Waals surface area (Å²) in [4.78, 5) is 12.6. The Balaban J connectivity index is 1.70. The highest BCUT2D eigenvalue weighted by atomic mass is 32.2. The summed E-state index contributed by atoms with van der Waals surface area (Å²) in [7, 11) is -1.92. The van der Waals surface area contributed by atoms with Crippen LogP contribution in [-0.2, 0) is 15.6 Å².